The first kappa shape index (κ1) is 21.8. The van der Waals surface area contributed by atoms with E-state index in [1.54, 1.807) is 18.2 Å². The number of halogens is 1. The molecule has 3 aromatic rings. The second-order valence-corrected chi connectivity index (χ2v) is 8.35. The Morgan fingerprint density at radius 3 is 2.19 bits per heavy atom. The van der Waals surface area contributed by atoms with Crippen LogP contribution >= 0.6 is 11.6 Å². The minimum absolute atomic E-state index is 0.00369. The van der Waals surface area contributed by atoms with Crippen LogP contribution in [0, 0.1) is 16.0 Å². The van der Waals surface area contributed by atoms with E-state index in [9.17, 15) is 14.9 Å². The molecule has 7 heteroatoms. The molecule has 0 aromatic heterocycles. The summed E-state index contributed by atoms with van der Waals surface area (Å²) in [6.07, 6.45) is 1.28. The Morgan fingerprint density at radius 1 is 0.938 bits per heavy atom. The van der Waals surface area contributed by atoms with Crippen molar-refractivity contribution in [1.29, 1.82) is 0 Å². The van der Waals surface area contributed by atoms with Gasteiger partial charge in [0.1, 0.15) is 5.69 Å². The molecule has 1 saturated heterocycles. The van der Waals surface area contributed by atoms with Gasteiger partial charge in [0.15, 0.2) is 0 Å². The van der Waals surface area contributed by atoms with Crippen LogP contribution in [-0.4, -0.2) is 23.9 Å². The Balaban J connectivity index is 1.46. The van der Waals surface area contributed by atoms with E-state index < -0.39 is 0 Å². The quantitative estimate of drug-likeness (QED) is 0.405. The average molecular weight is 450 g/mol. The molecule has 0 aliphatic carbocycles. The van der Waals surface area contributed by atoms with Gasteiger partial charge in [-0.05, 0) is 42.2 Å². The summed E-state index contributed by atoms with van der Waals surface area (Å²) in [5, 5.41) is 15.2. The number of nitro groups is 1. The molecule has 0 saturated carbocycles. The third-order valence-corrected chi connectivity index (χ3v) is 6.16. The van der Waals surface area contributed by atoms with Gasteiger partial charge in [-0.1, -0.05) is 66.2 Å². The van der Waals surface area contributed by atoms with Gasteiger partial charge in [0, 0.05) is 30.1 Å². The van der Waals surface area contributed by atoms with E-state index >= 15 is 0 Å². The molecule has 1 N–H and O–H groups in total. The first-order valence-electron chi connectivity index (χ1n) is 10.6. The lowest BCUT2D eigenvalue weighted by molar-refractivity contribution is -0.384. The Hall–Kier alpha value is -3.38. The summed E-state index contributed by atoms with van der Waals surface area (Å²) in [4.78, 5) is 26.2. The molecule has 4 rings (SSSR count). The third-order valence-electron chi connectivity index (χ3n) is 5.91. The number of carbonyl (C=O) groups is 1. The van der Waals surface area contributed by atoms with Gasteiger partial charge in [0.25, 0.3) is 5.69 Å². The third kappa shape index (κ3) is 4.92. The predicted molar refractivity (Wildman–Crippen MR) is 126 cm³/mol. The van der Waals surface area contributed by atoms with E-state index in [0.29, 0.717) is 36.6 Å². The minimum Gasteiger partial charge on any atom is -0.366 e. The molecule has 1 aliphatic heterocycles. The zero-order valence-corrected chi connectivity index (χ0v) is 18.2. The number of benzene rings is 3. The number of hydrogen-bond donors (Lipinski definition) is 1. The minimum atomic E-state index is -0.356. The van der Waals surface area contributed by atoms with Crippen molar-refractivity contribution in [2.45, 2.75) is 18.9 Å². The number of para-hydroxylation sites is 2. The van der Waals surface area contributed by atoms with E-state index in [-0.39, 0.29) is 28.5 Å². The van der Waals surface area contributed by atoms with E-state index in [1.807, 2.05) is 59.5 Å². The van der Waals surface area contributed by atoms with Gasteiger partial charge in [0.05, 0.1) is 11.0 Å². The van der Waals surface area contributed by atoms with Crippen molar-refractivity contribution in [2.24, 2.45) is 5.92 Å². The number of nitro benzene ring substituents is 1. The van der Waals surface area contributed by atoms with Gasteiger partial charge in [-0.25, -0.2) is 0 Å². The van der Waals surface area contributed by atoms with Crippen molar-refractivity contribution in [1.82, 2.24) is 5.32 Å². The van der Waals surface area contributed by atoms with Crippen LogP contribution < -0.4 is 10.2 Å². The fraction of sp³-hybridized carbons (Fsp3) is 0.240. The van der Waals surface area contributed by atoms with Gasteiger partial charge < -0.3 is 10.2 Å². The molecule has 0 radical (unpaired) electrons. The van der Waals surface area contributed by atoms with Crippen LogP contribution in [0.4, 0.5) is 11.4 Å². The molecular weight excluding hydrogens is 426 g/mol. The normalized spacial score (nSPS) is 15.2. The number of rotatable bonds is 6. The monoisotopic (exact) mass is 449 g/mol. The Labute approximate surface area is 192 Å². The van der Waals surface area contributed by atoms with Crippen LogP contribution in [0.25, 0.3) is 0 Å². The maximum Gasteiger partial charge on any atom is 0.292 e. The maximum atomic E-state index is 13.2. The zero-order valence-electron chi connectivity index (χ0n) is 17.5. The molecular formula is C25H24ClN3O3. The van der Waals surface area contributed by atoms with Gasteiger partial charge in [-0.3, -0.25) is 14.9 Å². The summed E-state index contributed by atoms with van der Waals surface area (Å²) in [5.74, 6) is -0.149. The van der Waals surface area contributed by atoms with Gasteiger partial charge in [0.2, 0.25) is 5.91 Å². The van der Waals surface area contributed by atoms with Crippen molar-refractivity contribution >= 4 is 28.9 Å². The number of carbonyl (C=O) groups excluding carboxylic acids is 1. The summed E-state index contributed by atoms with van der Waals surface area (Å²) in [6.45, 7) is 1.19. The van der Waals surface area contributed by atoms with Crippen molar-refractivity contribution in [3.63, 3.8) is 0 Å². The lowest BCUT2D eigenvalue weighted by Crippen LogP contribution is -2.42. The summed E-state index contributed by atoms with van der Waals surface area (Å²) < 4.78 is 0. The van der Waals surface area contributed by atoms with Crippen LogP contribution in [-0.2, 0) is 4.79 Å². The van der Waals surface area contributed by atoms with Gasteiger partial charge in [-0.15, -0.1) is 0 Å². The Kier molecular flexibility index (Phi) is 6.71. The molecule has 1 unspecified atom stereocenters. The second-order valence-electron chi connectivity index (χ2n) is 7.91. The number of hydrogen-bond acceptors (Lipinski definition) is 4. The number of anilines is 1. The van der Waals surface area contributed by atoms with E-state index in [2.05, 4.69) is 5.32 Å². The SMILES string of the molecule is O=C(NC(c1ccccc1)c1ccc(Cl)cc1)C1CCN(c2ccccc2[N+](=O)[O-])CC1. The van der Waals surface area contributed by atoms with Crippen molar-refractivity contribution in [3.8, 4) is 0 Å². The summed E-state index contributed by atoms with van der Waals surface area (Å²) in [5.41, 5.74) is 2.67. The van der Waals surface area contributed by atoms with Gasteiger partial charge in [-0.2, -0.15) is 0 Å². The highest BCUT2D eigenvalue weighted by molar-refractivity contribution is 6.30. The van der Waals surface area contributed by atoms with Crippen LogP contribution in [0.2, 0.25) is 5.02 Å². The first-order valence-corrected chi connectivity index (χ1v) is 11.0. The topological polar surface area (TPSA) is 75.5 Å². The van der Waals surface area contributed by atoms with Crippen molar-refractivity contribution in [3.05, 3.63) is 105 Å². The molecule has 164 valence electrons. The molecule has 3 aromatic carbocycles. The van der Waals surface area contributed by atoms with E-state index in [0.717, 1.165) is 11.1 Å². The maximum absolute atomic E-state index is 13.2. The second kappa shape index (κ2) is 9.83. The highest BCUT2D eigenvalue weighted by Gasteiger charge is 2.29. The standard InChI is InChI=1S/C25H24ClN3O3/c26-21-12-10-19(11-13-21)24(18-6-2-1-3-7-18)27-25(30)20-14-16-28(17-15-20)22-8-4-5-9-23(22)29(31)32/h1-13,20,24H,14-17H2,(H,27,30). The van der Waals surface area contributed by atoms with Crippen LogP contribution in [0.1, 0.15) is 30.0 Å². The molecule has 0 spiro atoms. The van der Waals surface area contributed by atoms with Gasteiger partial charge >= 0.3 is 0 Å². The lowest BCUT2D eigenvalue weighted by atomic mass is 9.93. The molecule has 1 amide bonds. The number of nitrogens with one attached hydrogen (secondary N) is 1. The Morgan fingerprint density at radius 2 is 1.53 bits per heavy atom. The largest absolute Gasteiger partial charge is 0.366 e. The van der Waals surface area contributed by atoms with Crippen LogP contribution in [0.5, 0.6) is 0 Å². The molecule has 1 heterocycles. The van der Waals surface area contributed by atoms with E-state index in [4.69, 9.17) is 11.6 Å². The zero-order chi connectivity index (χ0) is 22.5. The first-order chi connectivity index (χ1) is 15.5. The number of piperidine rings is 1. The fourth-order valence-electron chi connectivity index (χ4n) is 4.19. The van der Waals surface area contributed by atoms with Crippen LogP contribution in [0.3, 0.4) is 0 Å². The highest BCUT2D eigenvalue weighted by atomic mass is 35.5. The fourth-order valence-corrected chi connectivity index (χ4v) is 4.31. The lowest BCUT2D eigenvalue weighted by Gasteiger charge is -2.33. The highest BCUT2D eigenvalue weighted by Crippen LogP contribution is 2.32. The van der Waals surface area contributed by atoms with Crippen molar-refractivity contribution in [2.75, 3.05) is 18.0 Å². The molecule has 1 fully saturated rings. The molecule has 0 bridgehead atoms. The molecule has 1 atom stereocenters. The smallest absolute Gasteiger partial charge is 0.292 e. The molecule has 1 aliphatic rings. The van der Waals surface area contributed by atoms with Crippen LogP contribution in [0.15, 0.2) is 78.9 Å². The van der Waals surface area contributed by atoms with Crippen molar-refractivity contribution < 1.29 is 9.72 Å². The summed E-state index contributed by atoms with van der Waals surface area (Å²) in [7, 11) is 0. The number of nitrogens with zero attached hydrogens (tertiary/aromatic N) is 2. The molecule has 32 heavy (non-hydrogen) atoms. The molecule has 6 nitrogen and oxygen atoms in total. The summed E-state index contributed by atoms with van der Waals surface area (Å²) >= 11 is 6.05. The van der Waals surface area contributed by atoms with E-state index in [1.165, 1.54) is 6.07 Å². The number of amides is 1. The predicted octanol–water partition coefficient (Wildman–Crippen LogP) is 5.37. The average Bonchev–Trinajstić information content (AvgIpc) is 2.83. The summed E-state index contributed by atoms with van der Waals surface area (Å²) in [6, 6.07) is 23.8. The Bertz CT molecular complexity index is 1080.